The van der Waals surface area contributed by atoms with E-state index in [1.165, 1.54) is 19.2 Å². The van der Waals surface area contributed by atoms with Crippen LogP contribution in [-0.2, 0) is 9.53 Å². The Hall–Kier alpha value is -2.03. The molecule has 0 aliphatic carbocycles. The van der Waals surface area contributed by atoms with Gasteiger partial charge in [0.15, 0.2) is 0 Å². The second kappa shape index (κ2) is 12.0. The molecule has 0 spiro atoms. The minimum absolute atomic E-state index is 0.114. The number of benzene rings is 1. The second-order valence-electron chi connectivity index (χ2n) is 7.25. The fourth-order valence-electron chi connectivity index (χ4n) is 3.51. The van der Waals surface area contributed by atoms with Crippen LogP contribution >= 0.6 is 11.6 Å². The molecule has 1 unspecified atom stereocenters. The van der Waals surface area contributed by atoms with Crippen molar-refractivity contribution in [3.63, 3.8) is 0 Å². The van der Waals surface area contributed by atoms with Crippen LogP contribution in [0.4, 0.5) is 5.69 Å². The molecular formula is C21H33ClN4O4. The third-order valence-electron chi connectivity index (χ3n) is 5.26. The van der Waals surface area contributed by atoms with E-state index in [1.54, 1.807) is 0 Å². The average Bonchev–Trinajstić information content (AvgIpc) is 2.74. The lowest BCUT2D eigenvalue weighted by Crippen LogP contribution is -2.47. The van der Waals surface area contributed by atoms with Gasteiger partial charge in [0.25, 0.3) is 5.91 Å². The van der Waals surface area contributed by atoms with Crippen molar-refractivity contribution in [2.45, 2.75) is 32.8 Å². The van der Waals surface area contributed by atoms with E-state index in [9.17, 15) is 9.59 Å². The lowest BCUT2D eigenvalue weighted by molar-refractivity contribution is -0.131. The number of halogens is 1. The second-order valence-corrected chi connectivity index (χ2v) is 7.65. The molecule has 1 aliphatic rings. The quantitative estimate of drug-likeness (QED) is 0.540. The fraction of sp³-hybridized carbons (Fsp3) is 0.619. The number of nitrogens with two attached hydrogens (primary N) is 1. The van der Waals surface area contributed by atoms with E-state index in [1.807, 2.05) is 18.7 Å². The Kier molecular flexibility index (Phi) is 9.68. The van der Waals surface area contributed by atoms with Crippen LogP contribution in [0.15, 0.2) is 12.1 Å². The number of methoxy groups -OCH3 is 1. The largest absolute Gasteiger partial charge is 0.496 e. The van der Waals surface area contributed by atoms with Gasteiger partial charge < -0.3 is 25.4 Å². The summed E-state index contributed by atoms with van der Waals surface area (Å²) in [5, 5.41) is 3.19. The minimum Gasteiger partial charge on any atom is -0.496 e. The van der Waals surface area contributed by atoms with Crippen LogP contribution in [0.1, 0.15) is 37.0 Å². The van der Waals surface area contributed by atoms with Gasteiger partial charge in [-0.2, -0.15) is 0 Å². The van der Waals surface area contributed by atoms with Crippen molar-refractivity contribution in [2.24, 2.45) is 0 Å². The van der Waals surface area contributed by atoms with Gasteiger partial charge in [-0.3, -0.25) is 14.5 Å². The molecule has 0 radical (unpaired) electrons. The molecule has 0 bridgehead atoms. The van der Waals surface area contributed by atoms with E-state index >= 15 is 0 Å². The summed E-state index contributed by atoms with van der Waals surface area (Å²) in [6.45, 7) is 8.83. The van der Waals surface area contributed by atoms with E-state index in [-0.39, 0.29) is 17.9 Å². The first kappa shape index (κ1) is 24.2. The summed E-state index contributed by atoms with van der Waals surface area (Å²) in [4.78, 5) is 28.8. The number of ether oxygens (including phenoxy) is 2. The van der Waals surface area contributed by atoms with Gasteiger partial charge in [-0.15, -0.1) is 0 Å². The molecular weight excluding hydrogens is 408 g/mol. The number of rotatable bonds is 10. The molecule has 8 nitrogen and oxygen atoms in total. The minimum atomic E-state index is -0.292. The number of anilines is 1. The first-order valence-electron chi connectivity index (χ1n) is 10.4. The van der Waals surface area contributed by atoms with E-state index in [2.05, 4.69) is 10.2 Å². The van der Waals surface area contributed by atoms with Gasteiger partial charge in [0.1, 0.15) is 5.75 Å². The zero-order valence-corrected chi connectivity index (χ0v) is 18.8. The third-order valence-corrected chi connectivity index (χ3v) is 5.59. The zero-order valence-electron chi connectivity index (χ0n) is 18.1. The molecule has 1 aromatic carbocycles. The van der Waals surface area contributed by atoms with Gasteiger partial charge in [-0.05, 0) is 32.9 Å². The molecule has 2 rings (SSSR count). The Morgan fingerprint density at radius 3 is 2.77 bits per heavy atom. The molecule has 3 N–H and O–H groups in total. The highest BCUT2D eigenvalue weighted by Crippen LogP contribution is 2.28. The zero-order chi connectivity index (χ0) is 22.1. The third kappa shape index (κ3) is 6.75. The summed E-state index contributed by atoms with van der Waals surface area (Å²) >= 11 is 6.04. The van der Waals surface area contributed by atoms with Crippen LogP contribution in [-0.4, -0.2) is 80.7 Å². The van der Waals surface area contributed by atoms with E-state index in [0.29, 0.717) is 48.1 Å². The Morgan fingerprint density at radius 2 is 2.10 bits per heavy atom. The lowest BCUT2D eigenvalue weighted by atomic mass is 10.1. The van der Waals surface area contributed by atoms with E-state index in [4.69, 9.17) is 26.8 Å². The van der Waals surface area contributed by atoms with E-state index < -0.39 is 0 Å². The molecule has 0 aromatic heterocycles. The lowest BCUT2D eigenvalue weighted by Gasteiger charge is -2.33. The number of nitrogens with one attached hydrogen (secondary N) is 1. The van der Waals surface area contributed by atoms with Crippen molar-refractivity contribution < 1.29 is 19.1 Å². The predicted molar refractivity (Wildman–Crippen MR) is 118 cm³/mol. The topological polar surface area (TPSA) is 97.1 Å². The number of morpholine rings is 1. The van der Waals surface area contributed by atoms with Gasteiger partial charge in [0, 0.05) is 45.2 Å². The Bertz CT molecular complexity index is 727. The molecule has 1 fully saturated rings. The first-order valence-corrected chi connectivity index (χ1v) is 10.8. The first-order chi connectivity index (χ1) is 14.4. The molecule has 30 heavy (non-hydrogen) atoms. The van der Waals surface area contributed by atoms with Crippen LogP contribution in [0.25, 0.3) is 0 Å². The van der Waals surface area contributed by atoms with Crippen LogP contribution in [0, 0.1) is 0 Å². The highest BCUT2D eigenvalue weighted by atomic mass is 35.5. The summed E-state index contributed by atoms with van der Waals surface area (Å²) in [5.41, 5.74) is 6.46. The van der Waals surface area contributed by atoms with Gasteiger partial charge in [-0.25, -0.2) is 0 Å². The number of nitrogens with zero attached hydrogens (tertiary/aromatic N) is 2. The SMILES string of the molecule is CCN(CC)C(=O)CCCN1CCOC(CNC(=O)c2cc(Cl)c(N)cc2OC)C1. The number of nitrogen functional groups attached to an aromatic ring is 1. The number of carbonyl (C=O) groups is 2. The van der Waals surface area contributed by atoms with Gasteiger partial charge in [-0.1, -0.05) is 11.6 Å². The predicted octanol–water partition coefficient (Wildman–Crippen LogP) is 2.01. The number of hydrogen-bond donors (Lipinski definition) is 2. The maximum Gasteiger partial charge on any atom is 0.255 e. The molecule has 2 amide bonds. The van der Waals surface area contributed by atoms with Crippen molar-refractivity contribution in [2.75, 3.05) is 58.7 Å². The molecule has 0 saturated carbocycles. The highest BCUT2D eigenvalue weighted by Gasteiger charge is 2.22. The summed E-state index contributed by atoms with van der Waals surface area (Å²) < 4.78 is 11.0. The van der Waals surface area contributed by atoms with Crippen LogP contribution < -0.4 is 15.8 Å². The molecule has 1 aromatic rings. The number of hydrogen-bond acceptors (Lipinski definition) is 6. The molecule has 168 valence electrons. The van der Waals surface area contributed by atoms with Crippen LogP contribution in [0.2, 0.25) is 5.02 Å². The fourth-order valence-corrected chi connectivity index (χ4v) is 3.68. The van der Waals surface area contributed by atoms with E-state index in [0.717, 1.165) is 32.6 Å². The normalized spacial score (nSPS) is 16.9. The number of carbonyl (C=O) groups excluding carboxylic acids is 2. The molecule has 1 atom stereocenters. The summed E-state index contributed by atoms with van der Waals surface area (Å²) in [6.07, 6.45) is 1.25. The molecule has 1 aliphatic heterocycles. The Morgan fingerprint density at radius 1 is 1.37 bits per heavy atom. The molecule has 9 heteroatoms. The van der Waals surface area contributed by atoms with Gasteiger partial charge in [0.2, 0.25) is 5.91 Å². The van der Waals surface area contributed by atoms with Crippen molar-refractivity contribution in [3.8, 4) is 5.75 Å². The monoisotopic (exact) mass is 440 g/mol. The average molecular weight is 441 g/mol. The standard InChI is InChI=1S/C21H33ClN4O4/c1-4-26(5-2)20(27)7-6-8-25-9-10-30-15(14-25)13-24-21(28)16-11-17(22)18(23)12-19(16)29-3/h11-12,15H,4-10,13-14,23H2,1-3H3,(H,24,28). The van der Waals surface area contributed by atoms with Crippen LogP contribution in [0.3, 0.4) is 0 Å². The molecule has 1 saturated heterocycles. The Labute approximate surface area is 183 Å². The van der Waals surface area contributed by atoms with Gasteiger partial charge in [0.05, 0.1) is 36.1 Å². The van der Waals surface area contributed by atoms with Gasteiger partial charge >= 0.3 is 0 Å². The Balaban J connectivity index is 1.81. The van der Waals surface area contributed by atoms with Crippen molar-refractivity contribution in [1.82, 2.24) is 15.1 Å². The van der Waals surface area contributed by atoms with Crippen LogP contribution in [0.5, 0.6) is 5.75 Å². The summed E-state index contributed by atoms with van der Waals surface area (Å²) in [5.74, 6) is 0.283. The maximum absolute atomic E-state index is 12.6. The van der Waals surface area contributed by atoms with Crippen molar-refractivity contribution in [3.05, 3.63) is 22.7 Å². The summed E-state index contributed by atoms with van der Waals surface area (Å²) in [6, 6.07) is 3.04. The molecule has 1 heterocycles. The van der Waals surface area contributed by atoms with Crippen molar-refractivity contribution in [1.29, 1.82) is 0 Å². The van der Waals surface area contributed by atoms with Crippen molar-refractivity contribution >= 4 is 29.1 Å². The maximum atomic E-state index is 12.6. The highest BCUT2D eigenvalue weighted by molar-refractivity contribution is 6.33. The number of amides is 2. The summed E-state index contributed by atoms with van der Waals surface area (Å²) in [7, 11) is 1.48. The smallest absolute Gasteiger partial charge is 0.255 e.